The van der Waals surface area contributed by atoms with Gasteiger partial charge < -0.3 is 11.1 Å². The summed E-state index contributed by atoms with van der Waals surface area (Å²) in [6, 6.07) is 5.91. The number of hydrogen-bond acceptors (Lipinski definition) is 5. The van der Waals surface area contributed by atoms with E-state index in [9.17, 15) is 13.2 Å². The van der Waals surface area contributed by atoms with Crippen molar-refractivity contribution in [2.24, 2.45) is 10.9 Å². The Morgan fingerprint density at radius 1 is 1.35 bits per heavy atom. The summed E-state index contributed by atoms with van der Waals surface area (Å²) in [6.45, 7) is 0. The molecule has 0 radical (unpaired) electrons. The molecule has 0 aromatic heterocycles. The van der Waals surface area contributed by atoms with Crippen LogP contribution in [0.4, 0.5) is 5.69 Å². The monoisotopic (exact) mass is 317 g/mol. The van der Waals surface area contributed by atoms with Gasteiger partial charge in [-0.1, -0.05) is 12.1 Å². The SMILES string of the molecule is CSCC[C@H](N)C(=O)Nc1ccc(CS(N)(=O)=O)cc1. The normalized spacial score (nSPS) is 12.9. The topological polar surface area (TPSA) is 115 Å². The number of amides is 1. The Labute approximate surface area is 123 Å². The van der Waals surface area contributed by atoms with Crippen LogP contribution >= 0.6 is 11.8 Å². The number of nitrogens with one attached hydrogen (secondary N) is 1. The molecule has 1 aromatic rings. The van der Waals surface area contributed by atoms with Crippen molar-refractivity contribution < 1.29 is 13.2 Å². The van der Waals surface area contributed by atoms with Gasteiger partial charge in [0.2, 0.25) is 15.9 Å². The van der Waals surface area contributed by atoms with Gasteiger partial charge in [0.25, 0.3) is 0 Å². The van der Waals surface area contributed by atoms with Gasteiger partial charge in [-0.15, -0.1) is 0 Å². The second-order valence-electron chi connectivity index (χ2n) is 4.38. The third-order valence-corrected chi connectivity index (χ3v) is 3.94. The summed E-state index contributed by atoms with van der Waals surface area (Å²) < 4.78 is 21.9. The molecule has 0 bridgehead atoms. The number of nitrogens with two attached hydrogens (primary N) is 2. The minimum Gasteiger partial charge on any atom is -0.325 e. The van der Waals surface area contributed by atoms with Crippen LogP contribution in [0.5, 0.6) is 0 Å². The molecule has 0 saturated heterocycles. The molecule has 8 heteroatoms. The molecular formula is C12H19N3O3S2. The van der Waals surface area contributed by atoms with Crippen LogP contribution in [-0.4, -0.2) is 32.4 Å². The molecule has 0 heterocycles. The van der Waals surface area contributed by atoms with E-state index in [0.29, 0.717) is 17.7 Å². The number of anilines is 1. The molecule has 1 amide bonds. The van der Waals surface area contributed by atoms with E-state index in [1.165, 1.54) is 0 Å². The second kappa shape index (κ2) is 7.63. The number of rotatable bonds is 7. The molecule has 112 valence electrons. The fourth-order valence-electron chi connectivity index (χ4n) is 1.53. The van der Waals surface area contributed by atoms with Crippen molar-refractivity contribution in [1.29, 1.82) is 0 Å². The fourth-order valence-corrected chi connectivity index (χ4v) is 2.67. The summed E-state index contributed by atoms with van der Waals surface area (Å²) in [5.74, 6) is 0.342. The first-order chi connectivity index (χ1) is 9.31. The minimum atomic E-state index is -3.55. The number of primary sulfonamides is 1. The molecule has 0 aliphatic carbocycles. The van der Waals surface area contributed by atoms with Gasteiger partial charge in [0, 0.05) is 5.69 Å². The van der Waals surface area contributed by atoms with E-state index in [1.54, 1.807) is 36.0 Å². The second-order valence-corrected chi connectivity index (χ2v) is 6.98. The van der Waals surface area contributed by atoms with Gasteiger partial charge in [0.15, 0.2) is 0 Å². The molecule has 0 aliphatic heterocycles. The lowest BCUT2D eigenvalue weighted by molar-refractivity contribution is -0.117. The van der Waals surface area contributed by atoms with E-state index in [-0.39, 0.29) is 11.7 Å². The number of carbonyl (C=O) groups is 1. The third kappa shape index (κ3) is 6.38. The summed E-state index contributed by atoms with van der Waals surface area (Å²) in [5.41, 5.74) is 6.89. The average Bonchev–Trinajstić information content (AvgIpc) is 2.36. The summed E-state index contributed by atoms with van der Waals surface area (Å²) in [4.78, 5) is 11.8. The van der Waals surface area contributed by atoms with E-state index >= 15 is 0 Å². The Balaban J connectivity index is 2.59. The molecular weight excluding hydrogens is 298 g/mol. The summed E-state index contributed by atoms with van der Waals surface area (Å²) in [5, 5.41) is 7.64. The highest BCUT2D eigenvalue weighted by atomic mass is 32.2. The maximum atomic E-state index is 11.8. The van der Waals surface area contributed by atoms with Crippen LogP contribution in [0.2, 0.25) is 0 Å². The molecule has 0 spiro atoms. The fraction of sp³-hybridized carbons (Fsp3) is 0.417. The van der Waals surface area contributed by atoms with Gasteiger partial charge in [-0.2, -0.15) is 11.8 Å². The number of benzene rings is 1. The standard InChI is InChI=1S/C12H19N3O3S2/c1-19-7-6-11(13)12(16)15-10-4-2-9(3-5-10)8-20(14,17)18/h2-5,11H,6-8,13H2,1H3,(H,15,16)(H2,14,17,18)/t11-/m0/s1. The van der Waals surface area contributed by atoms with Gasteiger partial charge in [-0.05, 0) is 36.1 Å². The summed E-state index contributed by atoms with van der Waals surface area (Å²) >= 11 is 1.63. The predicted octanol–water partition coefficient (Wildman–Crippen LogP) is 0.494. The molecule has 5 N–H and O–H groups in total. The Hall–Kier alpha value is -1.09. The van der Waals surface area contributed by atoms with E-state index in [2.05, 4.69) is 5.32 Å². The molecule has 20 heavy (non-hydrogen) atoms. The number of hydrogen-bond donors (Lipinski definition) is 3. The van der Waals surface area contributed by atoms with Crippen LogP contribution in [0.1, 0.15) is 12.0 Å². The summed E-state index contributed by atoms with van der Waals surface area (Å²) in [7, 11) is -3.55. The maximum Gasteiger partial charge on any atom is 0.241 e. The first-order valence-electron chi connectivity index (χ1n) is 5.96. The van der Waals surface area contributed by atoms with Crippen LogP contribution in [0, 0.1) is 0 Å². The zero-order valence-electron chi connectivity index (χ0n) is 11.2. The summed E-state index contributed by atoms with van der Waals surface area (Å²) in [6.07, 6.45) is 2.56. The Bertz CT molecular complexity index is 544. The smallest absolute Gasteiger partial charge is 0.241 e. The molecule has 0 saturated carbocycles. The molecule has 1 aromatic carbocycles. The molecule has 6 nitrogen and oxygen atoms in total. The first-order valence-corrected chi connectivity index (χ1v) is 9.07. The lowest BCUT2D eigenvalue weighted by Crippen LogP contribution is -2.36. The molecule has 1 atom stereocenters. The van der Waals surface area contributed by atoms with Crippen LogP contribution < -0.4 is 16.2 Å². The molecule has 0 unspecified atom stereocenters. The quantitative estimate of drug-likeness (QED) is 0.677. The Morgan fingerprint density at radius 2 is 1.95 bits per heavy atom. The van der Waals surface area contributed by atoms with Crippen LogP contribution in [0.3, 0.4) is 0 Å². The average molecular weight is 317 g/mol. The van der Waals surface area contributed by atoms with Crippen molar-refractivity contribution in [2.75, 3.05) is 17.3 Å². The number of sulfonamides is 1. The van der Waals surface area contributed by atoms with Gasteiger partial charge in [0.1, 0.15) is 0 Å². The Kier molecular flexibility index (Phi) is 6.47. The van der Waals surface area contributed by atoms with E-state index in [1.807, 2.05) is 6.26 Å². The molecule has 0 aliphatic rings. The zero-order valence-corrected chi connectivity index (χ0v) is 12.8. The number of thioether (sulfide) groups is 1. The van der Waals surface area contributed by atoms with Crippen LogP contribution in [-0.2, 0) is 20.6 Å². The van der Waals surface area contributed by atoms with Crippen molar-refractivity contribution in [3.63, 3.8) is 0 Å². The van der Waals surface area contributed by atoms with Crippen molar-refractivity contribution in [3.05, 3.63) is 29.8 Å². The van der Waals surface area contributed by atoms with E-state index in [0.717, 1.165) is 5.75 Å². The Morgan fingerprint density at radius 3 is 2.45 bits per heavy atom. The minimum absolute atomic E-state index is 0.228. The highest BCUT2D eigenvalue weighted by molar-refractivity contribution is 7.98. The molecule has 0 fully saturated rings. The van der Waals surface area contributed by atoms with Crippen molar-refractivity contribution in [2.45, 2.75) is 18.2 Å². The van der Waals surface area contributed by atoms with Gasteiger partial charge >= 0.3 is 0 Å². The van der Waals surface area contributed by atoms with Crippen LogP contribution in [0.15, 0.2) is 24.3 Å². The van der Waals surface area contributed by atoms with Crippen LogP contribution in [0.25, 0.3) is 0 Å². The third-order valence-electron chi connectivity index (χ3n) is 2.56. The molecule has 1 rings (SSSR count). The van der Waals surface area contributed by atoms with E-state index < -0.39 is 16.1 Å². The zero-order chi connectivity index (χ0) is 15.2. The maximum absolute atomic E-state index is 11.8. The predicted molar refractivity (Wildman–Crippen MR) is 82.9 cm³/mol. The van der Waals surface area contributed by atoms with E-state index in [4.69, 9.17) is 10.9 Å². The van der Waals surface area contributed by atoms with Crippen molar-refractivity contribution >= 4 is 33.4 Å². The largest absolute Gasteiger partial charge is 0.325 e. The lowest BCUT2D eigenvalue weighted by atomic mass is 10.2. The van der Waals surface area contributed by atoms with Gasteiger partial charge in [-0.25, -0.2) is 13.6 Å². The van der Waals surface area contributed by atoms with Gasteiger partial charge in [0.05, 0.1) is 11.8 Å². The highest BCUT2D eigenvalue weighted by Gasteiger charge is 2.13. The van der Waals surface area contributed by atoms with Crippen molar-refractivity contribution in [1.82, 2.24) is 0 Å². The first kappa shape index (κ1) is 17.0. The van der Waals surface area contributed by atoms with Gasteiger partial charge in [-0.3, -0.25) is 4.79 Å². The lowest BCUT2D eigenvalue weighted by Gasteiger charge is -2.11. The van der Waals surface area contributed by atoms with Crippen molar-refractivity contribution in [3.8, 4) is 0 Å². The highest BCUT2D eigenvalue weighted by Crippen LogP contribution is 2.12. The number of carbonyl (C=O) groups excluding carboxylic acids is 1.